The molecule has 6 rings (SSSR count). The Kier molecular flexibility index (Phi) is 7.97. The summed E-state index contributed by atoms with van der Waals surface area (Å²) < 4.78 is 12.5. The molecule has 212 valence electrons. The molecule has 3 atom stereocenters. The lowest BCUT2D eigenvalue weighted by atomic mass is 9.76. The summed E-state index contributed by atoms with van der Waals surface area (Å²) in [5.74, 6) is 2.17. The van der Waals surface area contributed by atoms with Crippen LogP contribution in [0.5, 0.6) is 11.5 Å². The number of hydrogen-bond donors (Lipinski definition) is 1. The minimum absolute atomic E-state index is 0.0513. The number of ether oxygens (including phenoxy) is 2. The van der Waals surface area contributed by atoms with Crippen molar-refractivity contribution in [1.82, 2.24) is 0 Å². The zero-order valence-electron chi connectivity index (χ0n) is 23.3. The second-order valence-corrected chi connectivity index (χ2v) is 11.8. The van der Waals surface area contributed by atoms with Crippen LogP contribution in [0.25, 0.3) is 0 Å². The highest BCUT2D eigenvalue weighted by Crippen LogP contribution is 2.50. The Morgan fingerprint density at radius 2 is 1.86 bits per heavy atom. The average Bonchev–Trinajstić information content (AvgIpc) is 3.50. The predicted octanol–water partition coefficient (Wildman–Crippen LogP) is 8.67. The molecular weight excluding hydrogens is 641 g/mol. The number of aryl methyl sites for hydroxylation is 1. The number of halogens is 1. The normalized spacial score (nSPS) is 18.8. The van der Waals surface area contributed by atoms with E-state index in [1.54, 1.807) is 19.2 Å². The Morgan fingerprint density at radius 1 is 1.07 bits per heavy atom. The molecule has 1 aliphatic heterocycles. The first kappa shape index (κ1) is 28.0. The van der Waals surface area contributed by atoms with E-state index in [1.165, 1.54) is 34.5 Å². The van der Waals surface area contributed by atoms with E-state index in [9.17, 15) is 10.1 Å². The molecule has 0 fully saturated rings. The highest BCUT2D eigenvalue weighted by Gasteiger charge is 2.37. The second kappa shape index (κ2) is 12.0. The van der Waals surface area contributed by atoms with Crippen LogP contribution in [0.1, 0.15) is 46.2 Å². The summed E-state index contributed by atoms with van der Waals surface area (Å²) >= 11 is 2.22. The molecule has 0 amide bonds. The van der Waals surface area contributed by atoms with E-state index in [0.717, 1.165) is 26.8 Å². The fourth-order valence-electron chi connectivity index (χ4n) is 5.78. The molecule has 0 bridgehead atoms. The molecule has 0 aromatic heterocycles. The summed E-state index contributed by atoms with van der Waals surface area (Å²) in [6.07, 6.45) is 7.59. The van der Waals surface area contributed by atoms with E-state index in [0.29, 0.717) is 23.3 Å². The number of nitrogens with one attached hydrogen (secondary N) is 1. The Bertz CT molecular complexity index is 1680. The van der Waals surface area contributed by atoms with E-state index in [1.807, 2.05) is 18.3 Å². The van der Waals surface area contributed by atoms with Gasteiger partial charge in [0.1, 0.15) is 6.61 Å². The number of hydrogen-bond acceptors (Lipinski definition) is 6. The van der Waals surface area contributed by atoms with Crippen LogP contribution in [-0.2, 0) is 6.61 Å². The van der Waals surface area contributed by atoms with Gasteiger partial charge in [0.2, 0.25) is 0 Å². The van der Waals surface area contributed by atoms with Crippen LogP contribution >= 0.6 is 22.6 Å². The molecule has 1 aliphatic carbocycles. The van der Waals surface area contributed by atoms with Crippen molar-refractivity contribution in [2.75, 3.05) is 12.4 Å². The molecule has 2 aliphatic rings. The highest BCUT2D eigenvalue weighted by molar-refractivity contribution is 14.1. The lowest BCUT2D eigenvalue weighted by Gasteiger charge is -2.37. The number of nitro benzene ring substituents is 1. The van der Waals surface area contributed by atoms with E-state index >= 15 is 0 Å². The van der Waals surface area contributed by atoms with Crippen LogP contribution in [0, 0.1) is 26.5 Å². The van der Waals surface area contributed by atoms with Crippen LogP contribution in [0.3, 0.4) is 0 Å². The standard InChI is InChI=1S/C34H30IN3O4/c1-21-6-15-31-29(16-21)27-4-3-5-28(27)33(37-31)24-9-11-25(12-10-24)36-19-23-17-30(35)34(32(18-23)41-2)42-20-22-7-13-26(14-8-22)38(39)40/h3-4,6-19,27-28,33,37H,5,20H2,1-2H3/t27-,28+,33+/m1/s1. The highest BCUT2D eigenvalue weighted by atomic mass is 127. The van der Waals surface area contributed by atoms with Crippen molar-refractivity contribution in [2.24, 2.45) is 10.9 Å². The van der Waals surface area contributed by atoms with Crippen molar-refractivity contribution >= 4 is 45.9 Å². The van der Waals surface area contributed by atoms with Gasteiger partial charge in [0.15, 0.2) is 11.5 Å². The van der Waals surface area contributed by atoms with Crippen molar-refractivity contribution in [1.29, 1.82) is 0 Å². The second-order valence-electron chi connectivity index (χ2n) is 10.7. The van der Waals surface area contributed by atoms with Gasteiger partial charge in [0, 0.05) is 30.0 Å². The molecule has 4 aromatic rings. The fraction of sp³-hybridized carbons (Fsp3) is 0.206. The maximum absolute atomic E-state index is 10.9. The summed E-state index contributed by atoms with van der Waals surface area (Å²) in [7, 11) is 1.60. The van der Waals surface area contributed by atoms with Gasteiger partial charge in [-0.2, -0.15) is 0 Å². The minimum Gasteiger partial charge on any atom is -0.493 e. The van der Waals surface area contributed by atoms with Crippen molar-refractivity contribution in [3.63, 3.8) is 0 Å². The molecular formula is C34H30IN3O4. The van der Waals surface area contributed by atoms with Crippen molar-refractivity contribution < 1.29 is 14.4 Å². The molecule has 1 N–H and O–H groups in total. The van der Waals surface area contributed by atoms with Crippen LogP contribution in [0.2, 0.25) is 0 Å². The molecule has 7 nitrogen and oxygen atoms in total. The molecule has 0 saturated heterocycles. The van der Waals surface area contributed by atoms with Gasteiger partial charge in [-0.25, -0.2) is 0 Å². The number of methoxy groups -OCH3 is 1. The van der Waals surface area contributed by atoms with Gasteiger partial charge in [0.25, 0.3) is 5.69 Å². The van der Waals surface area contributed by atoms with Gasteiger partial charge in [-0.15, -0.1) is 0 Å². The van der Waals surface area contributed by atoms with E-state index < -0.39 is 4.92 Å². The fourth-order valence-corrected chi connectivity index (χ4v) is 6.57. The van der Waals surface area contributed by atoms with E-state index in [-0.39, 0.29) is 18.3 Å². The lowest BCUT2D eigenvalue weighted by molar-refractivity contribution is -0.384. The summed E-state index contributed by atoms with van der Waals surface area (Å²) in [6.45, 7) is 2.42. The van der Waals surface area contributed by atoms with Crippen LogP contribution < -0.4 is 14.8 Å². The first-order valence-electron chi connectivity index (χ1n) is 13.8. The Labute approximate surface area is 258 Å². The van der Waals surface area contributed by atoms with Gasteiger partial charge in [-0.1, -0.05) is 42.0 Å². The third-order valence-corrected chi connectivity index (χ3v) is 8.72. The zero-order chi connectivity index (χ0) is 29.2. The summed E-state index contributed by atoms with van der Waals surface area (Å²) in [5.41, 5.74) is 7.84. The molecule has 1 heterocycles. The Balaban J connectivity index is 1.15. The maximum Gasteiger partial charge on any atom is 0.269 e. The van der Waals surface area contributed by atoms with Crippen LogP contribution in [-0.4, -0.2) is 18.2 Å². The molecule has 42 heavy (non-hydrogen) atoms. The number of benzene rings is 4. The van der Waals surface area contributed by atoms with Crippen LogP contribution in [0.4, 0.5) is 17.1 Å². The van der Waals surface area contributed by atoms with Crippen molar-refractivity contribution in [3.05, 3.63) is 133 Å². The molecule has 4 aromatic carbocycles. The number of nitro groups is 1. The molecule has 8 heteroatoms. The zero-order valence-corrected chi connectivity index (χ0v) is 25.4. The molecule has 0 spiro atoms. The molecule has 0 unspecified atom stereocenters. The Hall–Kier alpha value is -4.18. The number of non-ortho nitro benzene ring substituents is 1. The number of allylic oxidation sites excluding steroid dienone is 2. The quantitative estimate of drug-likeness (QED) is 0.0667. The van der Waals surface area contributed by atoms with Gasteiger partial charge in [-0.3, -0.25) is 15.1 Å². The number of nitrogens with zero attached hydrogens (tertiary/aromatic N) is 2. The number of anilines is 1. The first-order chi connectivity index (χ1) is 20.4. The van der Waals surface area contributed by atoms with E-state index in [2.05, 4.69) is 89.4 Å². The topological polar surface area (TPSA) is 86.0 Å². The molecule has 0 saturated carbocycles. The summed E-state index contributed by atoms with van der Waals surface area (Å²) in [4.78, 5) is 15.2. The van der Waals surface area contributed by atoms with Crippen molar-refractivity contribution in [3.8, 4) is 11.5 Å². The number of fused-ring (bicyclic) bond motifs is 3. The first-order valence-corrected chi connectivity index (χ1v) is 14.9. The largest absolute Gasteiger partial charge is 0.493 e. The summed E-state index contributed by atoms with van der Waals surface area (Å²) in [5, 5.41) is 14.7. The Morgan fingerprint density at radius 3 is 2.60 bits per heavy atom. The minimum atomic E-state index is -0.415. The smallest absolute Gasteiger partial charge is 0.269 e. The lowest BCUT2D eigenvalue weighted by Crippen LogP contribution is -2.29. The van der Waals surface area contributed by atoms with E-state index in [4.69, 9.17) is 14.5 Å². The van der Waals surface area contributed by atoms with Gasteiger partial charge < -0.3 is 14.8 Å². The maximum atomic E-state index is 10.9. The average molecular weight is 672 g/mol. The SMILES string of the molecule is COc1cc(C=Nc2ccc([C@@H]3Nc4ccc(C)cc4[C@@H]4C=CC[C@@H]43)cc2)cc(I)c1OCc1ccc([N+](=O)[O-])cc1. The predicted molar refractivity (Wildman–Crippen MR) is 174 cm³/mol. The molecule has 0 radical (unpaired) electrons. The van der Waals surface area contributed by atoms with Crippen LogP contribution in [0.15, 0.2) is 96.0 Å². The van der Waals surface area contributed by atoms with Crippen molar-refractivity contribution in [2.45, 2.75) is 31.9 Å². The van der Waals surface area contributed by atoms with Gasteiger partial charge in [-0.05, 0) is 107 Å². The monoisotopic (exact) mass is 671 g/mol. The third kappa shape index (κ3) is 5.76. The third-order valence-electron chi connectivity index (χ3n) is 7.92. The van der Waals surface area contributed by atoms with Gasteiger partial charge >= 0.3 is 0 Å². The number of rotatable bonds is 8. The summed E-state index contributed by atoms with van der Waals surface area (Å²) in [6, 6.07) is 25.7. The number of aliphatic imine (C=N–C) groups is 1. The van der Waals surface area contributed by atoms with Gasteiger partial charge in [0.05, 0.1) is 27.3 Å².